The first kappa shape index (κ1) is 18.2. The molecular weight excluding hydrogens is 354 g/mol. The first-order valence-electron chi connectivity index (χ1n) is 9.27. The number of hydrogen-bond acceptors (Lipinski definition) is 7. The molecule has 3 aromatic rings. The summed E-state index contributed by atoms with van der Waals surface area (Å²) in [5.41, 5.74) is 3.91. The van der Waals surface area contributed by atoms with Crippen LogP contribution in [0.2, 0.25) is 0 Å². The largest absolute Gasteiger partial charge is 0.481 e. The third-order valence-electron chi connectivity index (χ3n) is 4.57. The third-order valence-corrected chi connectivity index (χ3v) is 4.57. The third kappa shape index (κ3) is 4.20. The van der Waals surface area contributed by atoms with Gasteiger partial charge in [0.05, 0.1) is 20.3 Å². The fourth-order valence-corrected chi connectivity index (χ4v) is 3.12. The number of nitrogens with one attached hydrogen (secondary N) is 1. The quantitative estimate of drug-likeness (QED) is 0.730. The maximum atomic E-state index is 5.42. The van der Waals surface area contributed by atoms with E-state index >= 15 is 0 Å². The summed E-state index contributed by atoms with van der Waals surface area (Å²) >= 11 is 0. The van der Waals surface area contributed by atoms with E-state index in [1.807, 2.05) is 19.1 Å². The number of aromatic nitrogens is 3. The van der Waals surface area contributed by atoms with Gasteiger partial charge in [0.25, 0.3) is 0 Å². The average Bonchev–Trinajstić information content (AvgIpc) is 2.74. The second-order valence-corrected chi connectivity index (χ2v) is 6.58. The number of pyridine rings is 1. The van der Waals surface area contributed by atoms with Crippen LogP contribution in [0.25, 0.3) is 11.4 Å². The van der Waals surface area contributed by atoms with Crippen LogP contribution in [0, 0.1) is 6.92 Å². The van der Waals surface area contributed by atoms with Crippen molar-refractivity contribution in [3.8, 4) is 17.3 Å². The van der Waals surface area contributed by atoms with E-state index in [4.69, 9.17) is 9.47 Å². The Hall–Kier alpha value is -3.19. The van der Waals surface area contributed by atoms with E-state index in [1.54, 1.807) is 19.4 Å². The lowest BCUT2D eigenvalue weighted by Gasteiger charge is -2.28. The monoisotopic (exact) mass is 377 g/mol. The van der Waals surface area contributed by atoms with Crippen LogP contribution in [-0.2, 0) is 4.74 Å². The predicted octanol–water partition coefficient (Wildman–Crippen LogP) is 3.44. The summed E-state index contributed by atoms with van der Waals surface area (Å²) in [6.45, 7) is 5.37. The van der Waals surface area contributed by atoms with Gasteiger partial charge in [-0.05, 0) is 37.3 Å². The van der Waals surface area contributed by atoms with Crippen LogP contribution in [0.1, 0.15) is 5.69 Å². The first-order chi connectivity index (χ1) is 13.7. The Bertz CT molecular complexity index is 923. The van der Waals surface area contributed by atoms with Crippen molar-refractivity contribution < 1.29 is 9.47 Å². The van der Waals surface area contributed by atoms with Crippen LogP contribution < -0.4 is 15.0 Å². The molecule has 0 saturated carbocycles. The van der Waals surface area contributed by atoms with E-state index in [-0.39, 0.29) is 0 Å². The van der Waals surface area contributed by atoms with E-state index in [0.717, 1.165) is 49.1 Å². The van der Waals surface area contributed by atoms with Crippen molar-refractivity contribution in [2.45, 2.75) is 6.92 Å². The molecule has 144 valence electrons. The number of hydrogen-bond donors (Lipinski definition) is 1. The summed E-state index contributed by atoms with van der Waals surface area (Å²) in [5, 5.41) is 3.37. The van der Waals surface area contributed by atoms with Crippen molar-refractivity contribution >= 4 is 17.2 Å². The van der Waals surface area contributed by atoms with Gasteiger partial charge in [0, 0.05) is 54.1 Å². The normalized spacial score (nSPS) is 14.0. The highest BCUT2D eigenvalue weighted by molar-refractivity contribution is 5.63. The second-order valence-electron chi connectivity index (χ2n) is 6.58. The van der Waals surface area contributed by atoms with Crippen molar-refractivity contribution in [2.24, 2.45) is 0 Å². The van der Waals surface area contributed by atoms with Gasteiger partial charge in [0.1, 0.15) is 5.82 Å². The number of ether oxygens (including phenoxy) is 2. The Morgan fingerprint density at radius 3 is 2.50 bits per heavy atom. The topological polar surface area (TPSA) is 72.4 Å². The lowest BCUT2D eigenvalue weighted by Crippen LogP contribution is -2.36. The molecule has 7 heteroatoms. The highest BCUT2D eigenvalue weighted by Crippen LogP contribution is 2.23. The SMILES string of the molecule is COc1ccc(-c2nc(C)cc(Nc3ccc(N4CCOCC4)cc3)n2)cn1. The Balaban J connectivity index is 1.51. The van der Waals surface area contributed by atoms with Gasteiger partial charge in [-0.3, -0.25) is 0 Å². The summed E-state index contributed by atoms with van der Waals surface area (Å²) in [4.78, 5) is 15.7. The number of aryl methyl sites for hydroxylation is 1. The van der Waals surface area contributed by atoms with E-state index in [9.17, 15) is 0 Å². The summed E-state index contributed by atoms with van der Waals surface area (Å²) in [5.74, 6) is 1.94. The maximum Gasteiger partial charge on any atom is 0.212 e. The molecule has 4 rings (SSSR count). The zero-order valence-electron chi connectivity index (χ0n) is 16.1. The standard InChI is InChI=1S/C21H23N5O2/c1-15-13-19(25-21(23-15)16-3-8-20(27-2)22-14-16)24-17-4-6-18(7-5-17)26-9-11-28-12-10-26/h3-8,13-14H,9-12H2,1-2H3,(H,23,24,25). The van der Waals surface area contributed by atoms with E-state index < -0.39 is 0 Å². The molecule has 7 nitrogen and oxygen atoms in total. The summed E-state index contributed by atoms with van der Waals surface area (Å²) in [7, 11) is 1.59. The van der Waals surface area contributed by atoms with Gasteiger partial charge in [-0.1, -0.05) is 0 Å². The molecule has 1 N–H and O–H groups in total. The van der Waals surface area contributed by atoms with E-state index in [1.165, 1.54) is 5.69 Å². The molecule has 2 aromatic heterocycles. The summed E-state index contributed by atoms with van der Waals surface area (Å²) in [6.07, 6.45) is 1.72. The van der Waals surface area contributed by atoms with Crippen LogP contribution in [-0.4, -0.2) is 48.4 Å². The van der Waals surface area contributed by atoms with Crippen molar-refractivity contribution in [3.05, 3.63) is 54.4 Å². The van der Waals surface area contributed by atoms with Crippen LogP contribution >= 0.6 is 0 Å². The highest BCUT2D eigenvalue weighted by Gasteiger charge is 2.11. The zero-order chi connectivity index (χ0) is 19.3. The second kappa shape index (κ2) is 8.22. The Kier molecular flexibility index (Phi) is 5.34. The van der Waals surface area contributed by atoms with Crippen molar-refractivity contribution in [1.29, 1.82) is 0 Å². The van der Waals surface area contributed by atoms with Gasteiger partial charge in [-0.25, -0.2) is 15.0 Å². The minimum atomic E-state index is 0.565. The van der Waals surface area contributed by atoms with Crippen molar-refractivity contribution in [3.63, 3.8) is 0 Å². The fourth-order valence-electron chi connectivity index (χ4n) is 3.12. The summed E-state index contributed by atoms with van der Waals surface area (Å²) < 4.78 is 10.5. The molecule has 0 radical (unpaired) electrons. The fraction of sp³-hybridized carbons (Fsp3) is 0.286. The van der Waals surface area contributed by atoms with Gasteiger partial charge in [-0.2, -0.15) is 0 Å². The summed E-state index contributed by atoms with van der Waals surface area (Å²) in [6, 6.07) is 14.0. The smallest absolute Gasteiger partial charge is 0.212 e. The average molecular weight is 377 g/mol. The van der Waals surface area contributed by atoms with Crippen LogP contribution in [0.4, 0.5) is 17.2 Å². The number of rotatable bonds is 5. The number of methoxy groups -OCH3 is 1. The minimum absolute atomic E-state index is 0.565. The molecule has 0 spiro atoms. The molecule has 0 atom stereocenters. The number of benzene rings is 1. The molecule has 1 saturated heterocycles. The molecule has 1 aromatic carbocycles. The molecule has 0 bridgehead atoms. The first-order valence-corrected chi connectivity index (χ1v) is 9.27. The molecule has 0 aliphatic carbocycles. The van der Waals surface area contributed by atoms with Gasteiger partial charge in [0.2, 0.25) is 5.88 Å². The maximum absolute atomic E-state index is 5.42. The number of nitrogens with zero attached hydrogens (tertiary/aromatic N) is 4. The molecule has 1 aliphatic rings. The lowest BCUT2D eigenvalue weighted by molar-refractivity contribution is 0.122. The zero-order valence-corrected chi connectivity index (χ0v) is 16.1. The Morgan fingerprint density at radius 2 is 1.82 bits per heavy atom. The molecule has 3 heterocycles. The lowest BCUT2D eigenvalue weighted by atomic mass is 10.2. The molecular formula is C21H23N5O2. The van der Waals surface area contributed by atoms with Crippen molar-refractivity contribution in [1.82, 2.24) is 15.0 Å². The van der Waals surface area contributed by atoms with Crippen LogP contribution in [0.15, 0.2) is 48.7 Å². The Morgan fingerprint density at radius 1 is 1.04 bits per heavy atom. The number of anilines is 3. The highest BCUT2D eigenvalue weighted by atomic mass is 16.5. The van der Waals surface area contributed by atoms with Crippen LogP contribution in [0.3, 0.4) is 0 Å². The molecule has 0 amide bonds. The van der Waals surface area contributed by atoms with E-state index in [2.05, 4.69) is 49.4 Å². The van der Waals surface area contributed by atoms with Gasteiger partial charge in [-0.15, -0.1) is 0 Å². The predicted molar refractivity (Wildman–Crippen MR) is 109 cm³/mol. The van der Waals surface area contributed by atoms with Crippen LogP contribution in [0.5, 0.6) is 5.88 Å². The van der Waals surface area contributed by atoms with Crippen molar-refractivity contribution in [2.75, 3.05) is 43.6 Å². The molecule has 0 unspecified atom stereocenters. The van der Waals surface area contributed by atoms with Gasteiger partial charge >= 0.3 is 0 Å². The molecule has 1 fully saturated rings. The van der Waals surface area contributed by atoms with Gasteiger partial charge in [0.15, 0.2) is 5.82 Å². The molecule has 28 heavy (non-hydrogen) atoms. The van der Waals surface area contributed by atoms with E-state index in [0.29, 0.717) is 11.7 Å². The number of morpholine rings is 1. The van der Waals surface area contributed by atoms with Gasteiger partial charge < -0.3 is 19.7 Å². The Labute approximate surface area is 164 Å². The molecule has 1 aliphatic heterocycles. The minimum Gasteiger partial charge on any atom is -0.481 e.